The van der Waals surface area contributed by atoms with Gasteiger partial charge in [0.25, 0.3) is 5.69 Å². The topological polar surface area (TPSA) is 89.3 Å². The quantitative estimate of drug-likeness (QED) is 0.454. The van der Waals surface area contributed by atoms with Crippen molar-refractivity contribution < 1.29 is 9.66 Å². The van der Waals surface area contributed by atoms with Crippen molar-refractivity contribution in [1.82, 2.24) is 10.3 Å². The summed E-state index contributed by atoms with van der Waals surface area (Å²) < 4.78 is 5.71. The molecule has 1 fully saturated rings. The first-order valence-corrected chi connectivity index (χ1v) is 7.98. The van der Waals surface area contributed by atoms with Crippen molar-refractivity contribution in [2.24, 2.45) is 0 Å². The maximum Gasteiger partial charge on any atom is 0.271 e. The fraction of sp³-hybridized carbons (Fsp3) is 0.312. The van der Waals surface area contributed by atoms with Crippen LogP contribution in [0.25, 0.3) is 0 Å². The maximum absolute atomic E-state index is 10.8. The van der Waals surface area contributed by atoms with Crippen LogP contribution in [-0.2, 0) is 6.54 Å². The third-order valence-corrected chi connectivity index (χ3v) is 4.14. The van der Waals surface area contributed by atoms with Crippen LogP contribution in [0, 0.1) is 10.1 Å². The molecule has 2 aromatic rings. The lowest BCUT2D eigenvalue weighted by Gasteiger charge is -2.27. The minimum Gasteiger partial charge on any atom is -0.490 e. The smallest absolute Gasteiger partial charge is 0.271 e. The number of nitro groups is 1. The third-order valence-electron chi connectivity index (χ3n) is 3.80. The third kappa shape index (κ3) is 4.12. The van der Waals surface area contributed by atoms with Gasteiger partial charge in [-0.25, -0.2) is 4.98 Å². The molecule has 1 atom stereocenters. The molecule has 7 nitrogen and oxygen atoms in total. The number of nitro benzene ring substituents is 1. The Labute approximate surface area is 144 Å². The molecule has 0 saturated carbocycles. The molecule has 126 valence electrons. The van der Waals surface area contributed by atoms with Crippen LogP contribution in [0.4, 0.5) is 11.4 Å². The van der Waals surface area contributed by atoms with E-state index >= 15 is 0 Å². The van der Waals surface area contributed by atoms with Gasteiger partial charge in [0.2, 0.25) is 0 Å². The van der Waals surface area contributed by atoms with Crippen LogP contribution >= 0.6 is 11.6 Å². The van der Waals surface area contributed by atoms with Crippen LogP contribution in [0.3, 0.4) is 0 Å². The van der Waals surface area contributed by atoms with Crippen molar-refractivity contribution in [3.63, 3.8) is 0 Å². The minimum absolute atomic E-state index is 0.0364. The Kier molecular flexibility index (Phi) is 5.12. The number of ether oxygens (including phenoxy) is 1. The zero-order valence-corrected chi connectivity index (χ0v) is 13.6. The number of non-ortho nitro benzene ring substituents is 1. The minimum atomic E-state index is -0.428. The van der Waals surface area contributed by atoms with Crippen molar-refractivity contribution >= 4 is 23.0 Å². The first-order valence-electron chi connectivity index (χ1n) is 7.61. The molecular formula is C16H17ClN4O3. The molecule has 1 aromatic carbocycles. The molecule has 1 aliphatic heterocycles. The van der Waals surface area contributed by atoms with Gasteiger partial charge < -0.3 is 15.4 Å². The van der Waals surface area contributed by atoms with Crippen molar-refractivity contribution in [3.05, 3.63) is 57.4 Å². The van der Waals surface area contributed by atoms with Crippen LogP contribution in [0.5, 0.6) is 5.75 Å². The van der Waals surface area contributed by atoms with Gasteiger partial charge in [-0.3, -0.25) is 10.1 Å². The number of hydrogen-bond acceptors (Lipinski definition) is 6. The first-order chi connectivity index (χ1) is 11.6. The molecular weight excluding hydrogens is 332 g/mol. The predicted octanol–water partition coefficient (Wildman–Crippen LogP) is 3.00. The molecule has 1 unspecified atom stereocenters. The average molecular weight is 349 g/mol. The molecule has 1 aromatic heterocycles. The van der Waals surface area contributed by atoms with E-state index in [1.54, 1.807) is 18.3 Å². The number of anilines is 1. The van der Waals surface area contributed by atoms with E-state index < -0.39 is 4.92 Å². The summed E-state index contributed by atoms with van der Waals surface area (Å²) in [4.78, 5) is 14.5. The second kappa shape index (κ2) is 7.46. The Morgan fingerprint density at radius 2 is 2.29 bits per heavy atom. The molecule has 2 N–H and O–H groups in total. The normalized spacial score (nSPS) is 16.3. The summed E-state index contributed by atoms with van der Waals surface area (Å²) in [6, 6.07) is 8.54. The molecule has 3 rings (SSSR count). The molecule has 1 aliphatic rings. The van der Waals surface area contributed by atoms with E-state index in [0.29, 0.717) is 35.8 Å². The van der Waals surface area contributed by atoms with Gasteiger partial charge in [0, 0.05) is 36.0 Å². The lowest BCUT2D eigenvalue weighted by atomic mass is 10.1. The second-order valence-electron chi connectivity index (χ2n) is 5.53. The molecule has 0 radical (unpaired) electrons. The van der Waals surface area contributed by atoms with Gasteiger partial charge >= 0.3 is 0 Å². The number of rotatable bonds is 7. The van der Waals surface area contributed by atoms with Gasteiger partial charge in [-0.05, 0) is 25.1 Å². The summed E-state index contributed by atoms with van der Waals surface area (Å²) in [5.41, 5.74) is 1.45. The Balaban J connectivity index is 1.63. The highest BCUT2D eigenvalue weighted by Gasteiger charge is 2.17. The highest BCUT2D eigenvalue weighted by atomic mass is 35.5. The van der Waals surface area contributed by atoms with E-state index in [9.17, 15) is 10.1 Å². The van der Waals surface area contributed by atoms with Crippen molar-refractivity contribution in [3.8, 4) is 5.75 Å². The Hall–Kier alpha value is -2.38. The first kappa shape index (κ1) is 16.5. The van der Waals surface area contributed by atoms with Crippen LogP contribution in [0.2, 0.25) is 5.15 Å². The molecule has 0 amide bonds. The van der Waals surface area contributed by atoms with Crippen LogP contribution in [0.1, 0.15) is 12.0 Å². The largest absolute Gasteiger partial charge is 0.490 e. The van der Waals surface area contributed by atoms with E-state index in [1.165, 1.54) is 12.1 Å². The van der Waals surface area contributed by atoms with Gasteiger partial charge in [-0.2, -0.15) is 0 Å². The van der Waals surface area contributed by atoms with Crippen molar-refractivity contribution in [2.45, 2.75) is 19.0 Å². The van der Waals surface area contributed by atoms with E-state index in [1.807, 2.05) is 6.07 Å². The van der Waals surface area contributed by atoms with Gasteiger partial charge in [-0.15, -0.1) is 0 Å². The van der Waals surface area contributed by atoms with E-state index in [0.717, 1.165) is 18.5 Å². The van der Waals surface area contributed by atoms with E-state index in [2.05, 4.69) is 15.6 Å². The van der Waals surface area contributed by atoms with Crippen molar-refractivity contribution in [2.75, 3.05) is 18.5 Å². The number of pyridine rings is 1. The average Bonchev–Trinajstić information content (AvgIpc) is 2.54. The fourth-order valence-corrected chi connectivity index (χ4v) is 2.46. The van der Waals surface area contributed by atoms with Crippen molar-refractivity contribution in [1.29, 1.82) is 0 Å². The second-order valence-corrected chi connectivity index (χ2v) is 5.89. The number of nitrogens with zero attached hydrogens (tertiary/aromatic N) is 2. The summed E-state index contributed by atoms with van der Waals surface area (Å²) in [5.74, 6) is 0.656. The predicted molar refractivity (Wildman–Crippen MR) is 91.6 cm³/mol. The summed E-state index contributed by atoms with van der Waals surface area (Å²) in [5, 5.41) is 17.6. The lowest BCUT2D eigenvalue weighted by Crippen LogP contribution is -2.46. The number of benzene rings is 1. The molecule has 0 spiro atoms. The maximum atomic E-state index is 10.8. The summed E-state index contributed by atoms with van der Waals surface area (Å²) in [6.07, 6.45) is 2.71. The number of hydrogen-bond donors (Lipinski definition) is 2. The standard InChI is InChI=1S/C16H17ClN4O3/c17-16-11(6-15(9-20-16)24-10-13-4-5-18-13)8-19-12-2-1-3-14(7-12)21(22)23/h1-3,6-7,9,13,18-19H,4-5,8,10H2. The Bertz CT molecular complexity index is 737. The summed E-state index contributed by atoms with van der Waals surface area (Å²) >= 11 is 6.12. The van der Waals surface area contributed by atoms with Gasteiger partial charge in [0.05, 0.1) is 11.1 Å². The van der Waals surface area contributed by atoms with Gasteiger partial charge in [0.1, 0.15) is 17.5 Å². The molecule has 0 aliphatic carbocycles. The molecule has 1 saturated heterocycles. The summed E-state index contributed by atoms with van der Waals surface area (Å²) in [6.45, 7) is 2.03. The monoisotopic (exact) mass is 348 g/mol. The molecule has 2 heterocycles. The Morgan fingerprint density at radius 1 is 1.46 bits per heavy atom. The van der Waals surface area contributed by atoms with Crippen LogP contribution in [0.15, 0.2) is 36.5 Å². The lowest BCUT2D eigenvalue weighted by molar-refractivity contribution is -0.384. The van der Waals surface area contributed by atoms with Crippen LogP contribution in [-0.4, -0.2) is 29.1 Å². The van der Waals surface area contributed by atoms with Crippen LogP contribution < -0.4 is 15.4 Å². The highest BCUT2D eigenvalue weighted by molar-refractivity contribution is 6.30. The Morgan fingerprint density at radius 3 is 3.00 bits per heavy atom. The molecule has 8 heteroatoms. The summed E-state index contributed by atoms with van der Waals surface area (Å²) in [7, 11) is 0. The SMILES string of the molecule is O=[N+]([O-])c1cccc(NCc2cc(OCC3CCN3)cnc2Cl)c1. The van der Waals surface area contributed by atoms with Gasteiger partial charge in [0.15, 0.2) is 0 Å². The number of aromatic nitrogens is 1. The highest BCUT2D eigenvalue weighted by Crippen LogP contribution is 2.22. The van der Waals surface area contributed by atoms with E-state index in [-0.39, 0.29) is 5.69 Å². The fourth-order valence-electron chi connectivity index (χ4n) is 2.29. The number of nitrogens with one attached hydrogen (secondary N) is 2. The van der Waals surface area contributed by atoms with Gasteiger partial charge in [-0.1, -0.05) is 17.7 Å². The molecule has 24 heavy (non-hydrogen) atoms. The molecule has 0 bridgehead atoms. The number of halogens is 1. The van der Waals surface area contributed by atoms with E-state index in [4.69, 9.17) is 16.3 Å². The zero-order valence-electron chi connectivity index (χ0n) is 12.9. The zero-order chi connectivity index (χ0) is 16.9.